The van der Waals surface area contributed by atoms with Crippen molar-refractivity contribution in [3.05, 3.63) is 42.1 Å². The van der Waals surface area contributed by atoms with Crippen LogP contribution >= 0.6 is 0 Å². The summed E-state index contributed by atoms with van der Waals surface area (Å²) in [6, 6.07) is 10.7. The van der Waals surface area contributed by atoms with Crippen molar-refractivity contribution in [2.24, 2.45) is 0 Å². The zero-order valence-corrected chi connectivity index (χ0v) is 14.1. The molecule has 0 bridgehead atoms. The van der Waals surface area contributed by atoms with Gasteiger partial charge in [0.05, 0.1) is 0 Å². The van der Waals surface area contributed by atoms with Crippen LogP contribution in [0, 0.1) is 0 Å². The number of aromatic nitrogens is 2. The average Bonchev–Trinajstić information content (AvgIpc) is 2.47. The largest absolute Gasteiger partial charge is 0.367 e. The van der Waals surface area contributed by atoms with Gasteiger partial charge in [0.15, 0.2) is 0 Å². The first-order valence-corrected chi connectivity index (χ1v) is 7.85. The molecule has 0 aliphatic carbocycles. The molecular weight excluding hydrogens is 272 g/mol. The van der Waals surface area contributed by atoms with Crippen LogP contribution in [0.5, 0.6) is 0 Å². The fourth-order valence-corrected chi connectivity index (χ4v) is 2.04. The third-order valence-electron chi connectivity index (χ3n) is 3.67. The predicted octanol–water partition coefficient (Wildman–Crippen LogP) is 4.73. The summed E-state index contributed by atoms with van der Waals surface area (Å²) >= 11 is 0. The molecule has 22 heavy (non-hydrogen) atoms. The van der Waals surface area contributed by atoms with Gasteiger partial charge >= 0.3 is 0 Å². The van der Waals surface area contributed by atoms with Gasteiger partial charge in [0, 0.05) is 17.9 Å². The Kier molecular flexibility index (Phi) is 5.01. The van der Waals surface area contributed by atoms with Crippen LogP contribution in [-0.2, 0) is 5.41 Å². The number of benzene rings is 1. The second-order valence-corrected chi connectivity index (χ2v) is 6.67. The molecule has 1 aromatic heterocycles. The van der Waals surface area contributed by atoms with Crippen LogP contribution in [0.25, 0.3) is 0 Å². The molecule has 0 aliphatic rings. The minimum Gasteiger partial charge on any atom is -0.367 e. The Morgan fingerprint density at radius 1 is 1.09 bits per heavy atom. The molecule has 2 aromatic rings. The van der Waals surface area contributed by atoms with E-state index in [1.165, 1.54) is 5.56 Å². The molecule has 1 atom stereocenters. The molecule has 4 heteroatoms. The molecule has 0 amide bonds. The first kappa shape index (κ1) is 16.3. The minimum absolute atomic E-state index is 0.162. The fraction of sp³-hybridized carbons (Fsp3) is 0.444. The van der Waals surface area contributed by atoms with Crippen molar-refractivity contribution < 1.29 is 0 Å². The van der Waals surface area contributed by atoms with Crippen LogP contribution in [0.3, 0.4) is 0 Å². The van der Waals surface area contributed by atoms with Gasteiger partial charge in [0.1, 0.15) is 5.82 Å². The molecule has 0 saturated carbocycles. The summed E-state index contributed by atoms with van der Waals surface area (Å²) in [5.74, 6) is 1.45. The summed E-state index contributed by atoms with van der Waals surface area (Å²) in [6.45, 7) is 10.9. The van der Waals surface area contributed by atoms with E-state index in [2.05, 4.69) is 79.5 Å². The second kappa shape index (κ2) is 6.77. The van der Waals surface area contributed by atoms with Gasteiger partial charge in [-0.25, -0.2) is 4.98 Å². The van der Waals surface area contributed by atoms with E-state index in [-0.39, 0.29) is 5.41 Å². The van der Waals surface area contributed by atoms with Crippen LogP contribution in [0.15, 0.2) is 36.5 Å². The van der Waals surface area contributed by atoms with E-state index in [9.17, 15) is 0 Å². The topological polar surface area (TPSA) is 49.8 Å². The van der Waals surface area contributed by atoms with E-state index in [0.29, 0.717) is 12.0 Å². The summed E-state index contributed by atoms with van der Waals surface area (Å²) in [5.41, 5.74) is 2.47. The van der Waals surface area contributed by atoms with Gasteiger partial charge in [0.25, 0.3) is 0 Å². The predicted molar refractivity (Wildman–Crippen MR) is 93.8 cm³/mol. The lowest BCUT2D eigenvalue weighted by molar-refractivity contribution is 0.590. The van der Waals surface area contributed by atoms with Gasteiger partial charge in [-0.3, -0.25) is 0 Å². The Balaban J connectivity index is 2.09. The van der Waals surface area contributed by atoms with E-state index >= 15 is 0 Å². The van der Waals surface area contributed by atoms with E-state index in [0.717, 1.165) is 17.9 Å². The summed E-state index contributed by atoms with van der Waals surface area (Å²) in [7, 11) is 0. The Bertz CT molecular complexity index is 599. The fourth-order valence-electron chi connectivity index (χ4n) is 2.04. The molecule has 4 nitrogen and oxygen atoms in total. The molecule has 1 unspecified atom stereocenters. The Hall–Kier alpha value is -2.10. The highest BCUT2D eigenvalue weighted by Crippen LogP contribution is 2.24. The molecular formula is C18H26N4. The van der Waals surface area contributed by atoms with Crippen molar-refractivity contribution in [3.8, 4) is 0 Å². The van der Waals surface area contributed by atoms with Gasteiger partial charge in [-0.2, -0.15) is 4.98 Å². The maximum absolute atomic E-state index is 4.49. The van der Waals surface area contributed by atoms with Gasteiger partial charge in [-0.1, -0.05) is 39.8 Å². The number of hydrogen-bond acceptors (Lipinski definition) is 4. The molecule has 0 saturated heterocycles. The zero-order valence-electron chi connectivity index (χ0n) is 14.1. The van der Waals surface area contributed by atoms with Crippen molar-refractivity contribution >= 4 is 17.5 Å². The molecule has 1 heterocycles. The van der Waals surface area contributed by atoms with Crippen molar-refractivity contribution in [2.75, 3.05) is 10.6 Å². The van der Waals surface area contributed by atoms with Crippen molar-refractivity contribution in [2.45, 2.75) is 52.5 Å². The summed E-state index contributed by atoms with van der Waals surface area (Å²) in [6.07, 6.45) is 2.82. The van der Waals surface area contributed by atoms with Crippen molar-refractivity contribution in [1.82, 2.24) is 9.97 Å². The van der Waals surface area contributed by atoms with E-state index in [1.807, 2.05) is 6.07 Å². The third-order valence-corrected chi connectivity index (χ3v) is 3.67. The number of rotatable bonds is 5. The maximum atomic E-state index is 4.49. The smallest absolute Gasteiger partial charge is 0.229 e. The normalized spacial score (nSPS) is 12.8. The highest BCUT2D eigenvalue weighted by molar-refractivity contribution is 5.55. The first-order valence-electron chi connectivity index (χ1n) is 7.85. The second-order valence-electron chi connectivity index (χ2n) is 6.67. The van der Waals surface area contributed by atoms with Crippen molar-refractivity contribution in [1.29, 1.82) is 0 Å². The zero-order chi connectivity index (χ0) is 16.2. The van der Waals surface area contributed by atoms with Crippen LogP contribution in [0.1, 0.15) is 46.6 Å². The maximum Gasteiger partial charge on any atom is 0.229 e. The van der Waals surface area contributed by atoms with Gasteiger partial charge in [0.2, 0.25) is 5.95 Å². The molecule has 0 spiro atoms. The molecule has 2 rings (SSSR count). The highest BCUT2D eigenvalue weighted by Gasteiger charge is 2.13. The van der Waals surface area contributed by atoms with Crippen molar-refractivity contribution in [3.63, 3.8) is 0 Å². The van der Waals surface area contributed by atoms with E-state index in [4.69, 9.17) is 0 Å². The van der Waals surface area contributed by atoms with Gasteiger partial charge in [-0.15, -0.1) is 0 Å². The van der Waals surface area contributed by atoms with Gasteiger partial charge < -0.3 is 10.6 Å². The molecule has 2 N–H and O–H groups in total. The number of nitrogens with one attached hydrogen (secondary N) is 2. The number of anilines is 3. The Morgan fingerprint density at radius 3 is 2.36 bits per heavy atom. The minimum atomic E-state index is 0.162. The summed E-state index contributed by atoms with van der Waals surface area (Å²) < 4.78 is 0. The number of hydrogen-bond donors (Lipinski definition) is 2. The van der Waals surface area contributed by atoms with Crippen LogP contribution in [-0.4, -0.2) is 16.0 Å². The lowest BCUT2D eigenvalue weighted by atomic mass is 9.87. The third kappa shape index (κ3) is 4.45. The quantitative estimate of drug-likeness (QED) is 0.838. The first-order chi connectivity index (χ1) is 10.4. The van der Waals surface area contributed by atoms with Crippen LogP contribution < -0.4 is 10.6 Å². The SMILES string of the molecule is CCC(C)Nc1ccnc(Nc2ccc(C(C)(C)C)cc2)n1. The molecule has 0 radical (unpaired) electrons. The van der Waals surface area contributed by atoms with Gasteiger partial charge in [-0.05, 0) is 42.5 Å². The lowest BCUT2D eigenvalue weighted by Gasteiger charge is -2.19. The standard InChI is InChI=1S/C18H26N4/c1-6-13(2)20-16-11-12-19-17(22-16)21-15-9-7-14(8-10-15)18(3,4)5/h7-13H,6H2,1-5H3,(H2,19,20,21,22). The molecule has 0 aliphatic heterocycles. The Labute approximate surface area is 133 Å². The van der Waals surface area contributed by atoms with E-state index in [1.54, 1.807) is 6.20 Å². The van der Waals surface area contributed by atoms with Crippen LogP contribution in [0.2, 0.25) is 0 Å². The Morgan fingerprint density at radius 2 is 1.77 bits per heavy atom. The summed E-state index contributed by atoms with van der Waals surface area (Å²) in [5, 5.41) is 6.61. The highest BCUT2D eigenvalue weighted by atomic mass is 15.1. The molecule has 118 valence electrons. The average molecular weight is 298 g/mol. The number of nitrogens with zero attached hydrogens (tertiary/aromatic N) is 2. The lowest BCUT2D eigenvalue weighted by Crippen LogP contribution is -2.15. The monoisotopic (exact) mass is 298 g/mol. The van der Waals surface area contributed by atoms with E-state index < -0.39 is 0 Å². The summed E-state index contributed by atoms with van der Waals surface area (Å²) in [4.78, 5) is 8.77. The van der Waals surface area contributed by atoms with Crippen LogP contribution in [0.4, 0.5) is 17.5 Å². The molecule has 1 aromatic carbocycles. The molecule has 0 fully saturated rings.